The van der Waals surface area contributed by atoms with Gasteiger partial charge < -0.3 is 14.2 Å². The van der Waals surface area contributed by atoms with Crippen molar-refractivity contribution in [2.45, 2.75) is 77.4 Å². The molecule has 3 aliphatic heterocycles. The molecule has 0 saturated carbocycles. The summed E-state index contributed by atoms with van der Waals surface area (Å²) in [5, 5.41) is 0. The third-order valence-corrected chi connectivity index (χ3v) is 5.39. The molecule has 3 rings (SSSR count). The molecule has 0 aromatic heterocycles. The van der Waals surface area contributed by atoms with Crippen LogP contribution in [0.5, 0.6) is 0 Å². The van der Waals surface area contributed by atoms with Gasteiger partial charge in [-0.3, -0.25) is 0 Å². The maximum absolute atomic E-state index is 6.00. The quantitative estimate of drug-likeness (QED) is 0.619. The lowest BCUT2D eigenvalue weighted by Gasteiger charge is -2.27. The Hall–Kier alpha value is -1.22. The van der Waals surface area contributed by atoms with Crippen LogP contribution in [0.4, 0.5) is 0 Å². The van der Waals surface area contributed by atoms with Crippen LogP contribution in [0.3, 0.4) is 0 Å². The van der Waals surface area contributed by atoms with Crippen molar-refractivity contribution in [3.8, 4) is 0 Å². The van der Waals surface area contributed by atoms with Gasteiger partial charge in [0.05, 0.1) is 37.4 Å². The first-order valence-corrected chi connectivity index (χ1v) is 9.61. The summed E-state index contributed by atoms with van der Waals surface area (Å²) in [7, 11) is 0. The van der Waals surface area contributed by atoms with Gasteiger partial charge in [-0.15, -0.1) is 0 Å². The second kappa shape index (κ2) is 8.75. The maximum atomic E-state index is 6.00. The second-order valence-corrected chi connectivity index (χ2v) is 7.64. The minimum absolute atomic E-state index is 0.382. The van der Waals surface area contributed by atoms with Crippen LogP contribution in [-0.2, 0) is 14.2 Å². The van der Waals surface area contributed by atoms with E-state index in [-0.39, 0.29) is 0 Å². The van der Waals surface area contributed by atoms with Crippen LogP contribution in [0.15, 0.2) is 35.3 Å². The SMILES string of the molecule is CC1=COC(CCC2CC=C(CCC3=CCC(C)OC3)OC2)CC1. The fraction of sp³-hybridized carbons (Fsp3) is 0.714. The zero-order chi connectivity index (χ0) is 16.8. The van der Waals surface area contributed by atoms with Crippen molar-refractivity contribution < 1.29 is 14.2 Å². The summed E-state index contributed by atoms with van der Waals surface area (Å²) in [5.41, 5.74) is 2.80. The van der Waals surface area contributed by atoms with Gasteiger partial charge >= 0.3 is 0 Å². The Labute approximate surface area is 146 Å². The second-order valence-electron chi connectivity index (χ2n) is 7.64. The molecule has 3 heteroatoms. The van der Waals surface area contributed by atoms with Crippen molar-refractivity contribution in [1.29, 1.82) is 0 Å². The lowest BCUT2D eigenvalue weighted by molar-refractivity contribution is 0.0726. The molecule has 3 aliphatic rings. The molecule has 3 nitrogen and oxygen atoms in total. The molecule has 0 aromatic rings. The van der Waals surface area contributed by atoms with E-state index in [0.717, 1.165) is 45.3 Å². The van der Waals surface area contributed by atoms with Gasteiger partial charge in [0.1, 0.15) is 0 Å². The van der Waals surface area contributed by atoms with Crippen molar-refractivity contribution in [2.75, 3.05) is 13.2 Å². The van der Waals surface area contributed by atoms with Gasteiger partial charge in [-0.25, -0.2) is 0 Å². The first-order valence-electron chi connectivity index (χ1n) is 9.61. The van der Waals surface area contributed by atoms with Gasteiger partial charge in [0.2, 0.25) is 0 Å². The Morgan fingerprint density at radius 3 is 2.71 bits per heavy atom. The molecule has 0 amide bonds. The molecule has 0 radical (unpaired) electrons. The summed E-state index contributed by atoms with van der Waals surface area (Å²) in [6.07, 6.45) is 16.4. The van der Waals surface area contributed by atoms with Crippen molar-refractivity contribution >= 4 is 0 Å². The highest BCUT2D eigenvalue weighted by atomic mass is 16.5. The van der Waals surface area contributed by atoms with E-state index in [2.05, 4.69) is 26.0 Å². The van der Waals surface area contributed by atoms with Crippen molar-refractivity contribution in [3.63, 3.8) is 0 Å². The molecule has 0 bridgehead atoms. The Kier molecular flexibility index (Phi) is 6.42. The van der Waals surface area contributed by atoms with E-state index < -0.39 is 0 Å². The predicted octanol–water partition coefficient (Wildman–Crippen LogP) is 5.29. The molecule has 0 saturated heterocycles. The normalized spacial score (nSPS) is 30.6. The van der Waals surface area contributed by atoms with Gasteiger partial charge in [0, 0.05) is 6.42 Å². The average Bonchev–Trinajstić information content (AvgIpc) is 2.62. The van der Waals surface area contributed by atoms with E-state index in [1.807, 2.05) is 6.26 Å². The third kappa shape index (κ3) is 5.41. The van der Waals surface area contributed by atoms with E-state index in [1.54, 1.807) is 0 Å². The summed E-state index contributed by atoms with van der Waals surface area (Å²) in [5.74, 6) is 1.83. The van der Waals surface area contributed by atoms with Crippen molar-refractivity contribution in [3.05, 3.63) is 35.3 Å². The minimum Gasteiger partial charge on any atom is -0.498 e. The van der Waals surface area contributed by atoms with Crippen LogP contribution in [0.25, 0.3) is 0 Å². The molecule has 0 fully saturated rings. The highest BCUT2D eigenvalue weighted by Gasteiger charge is 2.20. The summed E-state index contributed by atoms with van der Waals surface area (Å²) < 4.78 is 17.5. The highest BCUT2D eigenvalue weighted by molar-refractivity contribution is 5.09. The van der Waals surface area contributed by atoms with E-state index >= 15 is 0 Å². The molecule has 3 heterocycles. The topological polar surface area (TPSA) is 27.7 Å². The van der Waals surface area contributed by atoms with Crippen LogP contribution in [0, 0.1) is 5.92 Å². The van der Waals surface area contributed by atoms with Crippen molar-refractivity contribution in [2.24, 2.45) is 5.92 Å². The fourth-order valence-corrected chi connectivity index (χ4v) is 3.55. The molecular weight excluding hydrogens is 300 g/mol. The molecule has 0 spiro atoms. The zero-order valence-corrected chi connectivity index (χ0v) is 15.3. The summed E-state index contributed by atoms with van der Waals surface area (Å²) in [6, 6.07) is 0. The molecule has 134 valence electrons. The molecule has 0 aromatic carbocycles. The Bertz CT molecular complexity index is 503. The Morgan fingerprint density at radius 2 is 2.04 bits per heavy atom. The molecule has 3 unspecified atom stereocenters. The lowest BCUT2D eigenvalue weighted by Crippen LogP contribution is -2.19. The fourth-order valence-electron chi connectivity index (χ4n) is 3.55. The Balaban J connectivity index is 1.34. The standard InChI is InChI=1S/C21H32O3/c1-16-3-9-20(23-13-16)10-7-19-8-12-21(24-15-19)11-6-18-5-4-17(2)22-14-18/h5,12-13,17,19-20H,3-4,6-11,14-15H2,1-2H3. The van der Waals surface area contributed by atoms with Gasteiger partial charge in [0.25, 0.3) is 0 Å². The number of allylic oxidation sites excluding steroid dienone is 3. The summed E-state index contributed by atoms with van der Waals surface area (Å²) >= 11 is 0. The van der Waals surface area contributed by atoms with Crippen LogP contribution in [0.2, 0.25) is 0 Å². The molecule has 0 N–H and O–H groups in total. The van der Waals surface area contributed by atoms with Crippen LogP contribution in [-0.4, -0.2) is 25.4 Å². The molecule has 24 heavy (non-hydrogen) atoms. The summed E-state index contributed by atoms with van der Waals surface area (Å²) in [6.45, 7) is 5.95. The average molecular weight is 332 g/mol. The van der Waals surface area contributed by atoms with Gasteiger partial charge in [-0.05, 0) is 81.9 Å². The lowest BCUT2D eigenvalue weighted by atomic mass is 9.93. The Morgan fingerprint density at radius 1 is 1.12 bits per heavy atom. The van der Waals surface area contributed by atoms with E-state index in [1.165, 1.54) is 36.2 Å². The summed E-state index contributed by atoms with van der Waals surface area (Å²) in [4.78, 5) is 0. The molecule has 3 atom stereocenters. The molecule has 0 aliphatic carbocycles. The van der Waals surface area contributed by atoms with Gasteiger partial charge in [0.15, 0.2) is 0 Å². The van der Waals surface area contributed by atoms with Crippen LogP contribution in [0.1, 0.15) is 65.2 Å². The largest absolute Gasteiger partial charge is 0.498 e. The number of rotatable bonds is 6. The van der Waals surface area contributed by atoms with Crippen LogP contribution >= 0.6 is 0 Å². The minimum atomic E-state index is 0.382. The third-order valence-electron chi connectivity index (χ3n) is 5.39. The van der Waals surface area contributed by atoms with Gasteiger partial charge in [-0.1, -0.05) is 6.08 Å². The predicted molar refractivity (Wildman–Crippen MR) is 96.6 cm³/mol. The van der Waals surface area contributed by atoms with E-state index in [4.69, 9.17) is 14.2 Å². The maximum Gasteiger partial charge on any atom is 0.0981 e. The molecular formula is C21H32O3. The smallest absolute Gasteiger partial charge is 0.0981 e. The van der Waals surface area contributed by atoms with Crippen LogP contribution < -0.4 is 0 Å². The number of hydrogen-bond donors (Lipinski definition) is 0. The zero-order valence-electron chi connectivity index (χ0n) is 15.3. The van der Waals surface area contributed by atoms with E-state index in [0.29, 0.717) is 18.1 Å². The monoisotopic (exact) mass is 332 g/mol. The van der Waals surface area contributed by atoms with Crippen molar-refractivity contribution in [1.82, 2.24) is 0 Å². The van der Waals surface area contributed by atoms with E-state index in [9.17, 15) is 0 Å². The number of ether oxygens (including phenoxy) is 3. The highest BCUT2D eigenvalue weighted by Crippen LogP contribution is 2.28. The van der Waals surface area contributed by atoms with Gasteiger partial charge in [-0.2, -0.15) is 0 Å². The number of hydrogen-bond acceptors (Lipinski definition) is 3. The first-order chi connectivity index (χ1) is 11.7. The first kappa shape index (κ1) is 17.6.